The summed E-state index contributed by atoms with van der Waals surface area (Å²) >= 11 is 0. The molecule has 0 saturated heterocycles. The molecule has 0 aromatic carbocycles. The zero-order valence-corrected chi connectivity index (χ0v) is 12.3. The predicted octanol–water partition coefficient (Wildman–Crippen LogP) is 2.35. The van der Waals surface area contributed by atoms with E-state index in [9.17, 15) is 4.79 Å². The van der Waals surface area contributed by atoms with E-state index in [-0.39, 0.29) is 6.03 Å². The van der Waals surface area contributed by atoms with E-state index in [1.807, 2.05) is 0 Å². The van der Waals surface area contributed by atoms with Crippen molar-refractivity contribution in [3.63, 3.8) is 0 Å². The minimum atomic E-state index is -0.00522. The standard InChI is InChI=1S/C14H29N3O/c1-11(2)17(12(3)4)10-9-15-14(18)16-13-7-5-6-8-13/h11-13H,5-10H2,1-4H3,(H2,15,16,18). The summed E-state index contributed by atoms with van der Waals surface area (Å²) in [6, 6.07) is 1.43. The molecule has 18 heavy (non-hydrogen) atoms. The van der Waals surface area contributed by atoms with E-state index >= 15 is 0 Å². The number of carbonyl (C=O) groups excluding carboxylic acids is 1. The van der Waals surface area contributed by atoms with Crippen LogP contribution in [0.2, 0.25) is 0 Å². The Kier molecular flexibility index (Phi) is 6.47. The number of nitrogens with zero attached hydrogens (tertiary/aromatic N) is 1. The molecule has 0 bridgehead atoms. The van der Waals surface area contributed by atoms with Crippen molar-refractivity contribution in [3.05, 3.63) is 0 Å². The van der Waals surface area contributed by atoms with Gasteiger partial charge in [-0.25, -0.2) is 4.79 Å². The molecule has 2 amide bonds. The Morgan fingerprint density at radius 2 is 1.72 bits per heavy atom. The average Bonchev–Trinajstić information content (AvgIpc) is 2.75. The number of nitrogens with one attached hydrogen (secondary N) is 2. The number of rotatable bonds is 6. The third-order valence-electron chi connectivity index (χ3n) is 3.67. The number of hydrogen-bond acceptors (Lipinski definition) is 2. The molecule has 1 aliphatic carbocycles. The minimum Gasteiger partial charge on any atom is -0.337 e. The van der Waals surface area contributed by atoms with Crippen LogP contribution in [0.1, 0.15) is 53.4 Å². The zero-order valence-electron chi connectivity index (χ0n) is 12.3. The highest BCUT2D eigenvalue weighted by Gasteiger charge is 2.17. The molecule has 1 saturated carbocycles. The molecule has 106 valence electrons. The molecule has 0 atom stereocenters. The van der Waals surface area contributed by atoms with E-state index in [1.54, 1.807) is 0 Å². The van der Waals surface area contributed by atoms with Gasteiger partial charge in [-0.15, -0.1) is 0 Å². The van der Waals surface area contributed by atoms with Crippen LogP contribution in [0.15, 0.2) is 0 Å². The second kappa shape index (κ2) is 7.62. The average molecular weight is 255 g/mol. The fourth-order valence-corrected chi connectivity index (χ4v) is 2.72. The highest BCUT2D eigenvalue weighted by Crippen LogP contribution is 2.17. The Hall–Kier alpha value is -0.770. The summed E-state index contributed by atoms with van der Waals surface area (Å²) < 4.78 is 0. The van der Waals surface area contributed by atoms with Crippen molar-refractivity contribution in [1.29, 1.82) is 0 Å². The van der Waals surface area contributed by atoms with Crippen molar-refractivity contribution in [2.75, 3.05) is 13.1 Å². The van der Waals surface area contributed by atoms with Crippen LogP contribution in [0.3, 0.4) is 0 Å². The number of amides is 2. The lowest BCUT2D eigenvalue weighted by Gasteiger charge is -2.30. The molecule has 0 aromatic rings. The van der Waals surface area contributed by atoms with Crippen molar-refractivity contribution < 1.29 is 4.79 Å². The molecule has 0 spiro atoms. The predicted molar refractivity (Wildman–Crippen MR) is 75.8 cm³/mol. The van der Waals surface area contributed by atoms with Crippen LogP contribution >= 0.6 is 0 Å². The van der Waals surface area contributed by atoms with Crippen LogP contribution in [0.25, 0.3) is 0 Å². The van der Waals surface area contributed by atoms with E-state index in [1.165, 1.54) is 12.8 Å². The van der Waals surface area contributed by atoms with Crippen molar-refractivity contribution >= 4 is 6.03 Å². The van der Waals surface area contributed by atoms with Gasteiger partial charge in [-0.2, -0.15) is 0 Å². The topological polar surface area (TPSA) is 44.4 Å². The SMILES string of the molecule is CC(C)N(CCNC(=O)NC1CCCC1)C(C)C. The monoisotopic (exact) mass is 255 g/mol. The first-order valence-electron chi connectivity index (χ1n) is 7.30. The third-order valence-corrected chi connectivity index (χ3v) is 3.67. The molecular weight excluding hydrogens is 226 g/mol. The van der Waals surface area contributed by atoms with Gasteiger partial charge in [-0.1, -0.05) is 12.8 Å². The Bertz CT molecular complexity index is 239. The minimum absolute atomic E-state index is 0.00522. The molecule has 0 heterocycles. The van der Waals surface area contributed by atoms with Crippen LogP contribution in [0.4, 0.5) is 4.79 Å². The van der Waals surface area contributed by atoms with Gasteiger partial charge in [0.15, 0.2) is 0 Å². The lowest BCUT2D eigenvalue weighted by atomic mass is 10.2. The summed E-state index contributed by atoms with van der Waals surface area (Å²) in [5.74, 6) is 0. The second-order valence-corrected chi connectivity index (χ2v) is 5.81. The Balaban J connectivity index is 2.17. The maximum Gasteiger partial charge on any atom is 0.315 e. The largest absolute Gasteiger partial charge is 0.337 e. The van der Waals surface area contributed by atoms with Crippen molar-refractivity contribution in [2.24, 2.45) is 0 Å². The summed E-state index contributed by atoms with van der Waals surface area (Å²) in [6.45, 7) is 10.4. The molecule has 2 N–H and O–H groups in total. The van der Waals surface area contributed by atoms with Crippen LogP contribution in [-0.4, -0.2) is 42.1 Å². The van der Waals surface area contributed by atoms with Gasteiger partial charge in [-0.3, -0.25) is 4.90 Å². The summed E-state index contributed by atoms with van der Waals surface area (Å²) in [5, 5.41) is 6.00. The van der Waals surface area contributed by atoms with Gasteiger partial charge < -0.3 is 10.6 Å². The zero-order chi connectivity index (χ0) is 13.5. The van der Waals surface area contributed by atoms with Gasteiger partial charge in [0.25, 0.3) is 0 Å². The summed E-state index contributed by atoms with van der Waals surface area (Å²) in [7, 11) is 0. The summed E-state index contributed by atoms with van der Waals surface area (Å²) in [6.07, 6.45) is 4.77. The van der Waals surface area contributed by atoms with Gasteiger partial charge in [0.1, 0.15) is 0 Å². The Labute approximate surface area is 111 Å². The van der Waals surface area contributed by atoms with Crippen molar-refractivity contribution in [1.82, 2.24) is 15.5 Å². The van der Waals surface area contributed by atoms with Gasteiger partial charge in [0.05, 0.1) is 0 Å². The number of carbonyl (C=O) groups is 1. The van der Waals surface area contributed by atoms with Crippen LogP contribution in [-0.2, 0) is 0 Å². The molecule has 0 radical (unpaired) electrons. The molecule has 0 unspecified atom stereocenters. The first-order chi connectivity index (χ1) is 8.50. The lowest BCUT2D eigenvalue weighted by Crippen LogP contribution is -2.46. The molecule has 1 rings (SSSR count). The summed E-state index contributed by atoms with van der Waals surface area (Å²) in [5.41, 5.74) is 0. The summed E-state index contributed by atoms with van der Waals surface area (Å²) in [4.78, 5) is 14.1. The molecule has 1 aliphatic rings. The quantitative estimate of drug-likeness (QED) is 0.765. The van der Waals surface area contributed by atoms with Crippen molar-refractivity contribution in [2.45, 2.75) is 71.5 Å². The van der Waals surface area contributed by atoms with E-state index in [2.05, 4.69) is 43.2 Å². The van der Waals surface area contributed by atoms with Gasteiger partial charge in [0.2, 0.25) is 0 Å². The fraction of sp³-hybridized carbons (Fsp3) is 0.929. The molecule has 4 nitrogen and oxygen atoms in total. The lowest BCUT2D eigenvalue weighted by molar-refractivity contribution is 0.175. The van der Waals surface area contributed by atoms with Crippen molar-refractivity contribution in [3.8, 4) is 0 Å². The molecule has 0 aromatic heterocycles. The molecule has 1 fully saturated rings. The normalized spacial score (nSPS) is 16.8. The highest BCUT2D eigenvalue weighted by molar-refractivity contribution is 5.74. The maximum absolute atomic E-state index is 11.7. The first-order valence-corrected chi connectivity index (χ1v) is 7.30. The third kappa shape index (κ3) is 5.25. The first kappa shape index (κ1) is 15.3. The van der Waals surface area contributed by atoms with E-state index in [0.717, 1.165) is 25.9 Å². The second-order valence-electron chi connectivity index (χ2n) is 5.81. The highest BCUT2D eigenvalue weighted by atomic mass is 16.2. The van der Waals surface area contributed by atoms with Gasteiger partial charge >= 0.3 is 6.03 Å². The number of hydrogen-bond donors (Lipinski definition) is 2. The van der Waals surface area contributed by atoms with Crippen LogP contribution < -0.4 is 10.6 Å². The van der Waals surface area contributed by atoms with E-state index in [0.29, 0.717) is 18.1 Å². The van der Waals surface area contributed by atoms with Crippen LogP contribution in [0, 0.1) is 0 Å². The number of urea groups is 1. The van der Waals surface area contributed by atoms with E-state index < -0.39 is 0 Å². The van der Waals surface area contributed by atoms with Gasteiger partial charge in [-0.05, 0) is 40.5 Å². The molecular formula is C14H29N3O. The molecule has 4 heteroatoms. The van der Waals surface area contributed by atoms with Crippen LogP contribution in [0.5, 0.6) is 0 Å². The Morgan fingerprint density at radius 3 is 2.22 bits per heavy atom. The Morgan fingerprint density at radius 1 is 1.17 bits per heavy atom. The maximum atomic E-state index is 11.7. The van der Waals surface area contributed by atoms with Gasteiger partial charge in [0, 0.05) is 31.2 Å². The molecule has 0 aliphatic heterocycles. The fourth-order valence-electron chi connectivity index (χ4n) is 2.72. The smallest absolute Gasteiger partial charge is 0.315 e. The van der Waals surface area contributed by atoms with E-state index in [4.69, 9.17) is 0 Å².